The molecule has 0 aliphatic carbocycles. The molecule has 16 heteroatoms. The molecule has 0 spiro atoms. The number of aromatic nitrogens is 6. The molecular weight excluding hydrogens is 596 g/mol. The zero-order valence-electron chi connectivity index (χ0n) is 22.7. The highest BCUT2D eigenvalue weighted by atomic mass is 32.2. The van der Waals surface area contributed by atoms with Gasteiger partial charge in [-0.25, -0.2) is 14.3 Å². The molecule has 1 saturated heterocycles. The number of nitrogens with one attached hydrogen (secondary N) is 2. The van der Waals surface area contributed by atoms with Gasteiger partial charge in [-0.05, 0) is 32.4 Å². The van der Waals surface area contributed by atoms with Gasteiger partial charge in [0.05, 0.1) is 0 Å². The first kappa shape index (κ1) is 28.4. The number of benzene rings is 2. The SMILES string of the molecule is Cn1nnnc1SCC1=C(C(=O)OC(c2ccccc2)c2ccccc2)N2C(=O)C(NC(=O)C[n+]3cc(=O)o[nH]3)[C@@H]2SC1. The van der Waals surface area contributed by atoms with Gasteiger partial charge in [0.25, 0.3) is 24.6 Å². The van der Waals surface area contributed by atoms with Crippen LogP contribution in [0, 0.1) is 0 Å². The minimum absolute atomic E-state index is 0.146. The maximum absolute atomic E-state index is 14.0. The molecule has 4 aromatic rings. The van der Waals surface area contributed by atoms with Crippen LogP contribution in [0.25, 0.3) is 0 Å². The van der Waals surface area contributed by atoms with E-state index in [0.29, 0.717) is 22.2 Å². The van der Waals surface area contributed by atoms with Gasteiger partial charge in [0.15, 0.2) is 6.10 Å². The summed E-state index contributed by atoms with van der Waals surface area (Å²) in [6.45, 7) is -0.249. The lowest BCUT2D eigenvalue weighted by Gasteiger charge is -2.49. The van der Waals surface area contributed by atoms with Gasteiger partial charge in [-0.1, -0.05) is 77.1 Å². The summed E-state index contributed by atoms with van der Waals surface area (Å²) in [5.41, 5.74) is 1.75. The summed E-state index contributed by atoms with van der Waals surface area (Å²) in [7, 11) is 1.71. The van der Waals surface area contributed by atoms with E-state index in [9.17, 15) is 19.2 Å². The molecule has 2 aromatic carbocycles. The number of H-pyrrole nitrogens is 1. The third-order valence-electron chi connectivity index (χ3n) is 6.78. The van der Waals surface area contributed by atoms with E-state index in [-0.39, 0.29) is 12.2 Å². The normalized spacial score (nSPS) is 17.9. The van der Waals surface area contributed by atoms with E-state index in [0.717, 1.165) is 17.3 Å². The lowest BCUT2D eigenvalue weighted by atomic mass is 10.0. The van der Waals surface area contributed by atoms with E-state index in [4.69, 9.17) is 4.74 Å². The van der Waals surface area contributed by atoms with Gasteiger partial charge in [0.2, 0.25) is 5.16 Å². The van der Waals surface area contributed by atoms with Crippen LogP contribution in [0.2, 0.25) is 0 Å². The zero-order valence-corrected chi connectivity index (χ0v) is 24.3. The molecule has 4 heterocycles. The van der Waals surface area contributed by atoms with Crippen molar-refractivity contribution < 1.29 is 28.3 Å². The van der Waals surface area contributed by atoms with Crippen molar-refractivity contribution in [2.75, 3.05) is 11.5 Å². The van der Waals surface area contributed by atoms with Gasteiger partial charge in [-0.3, -0.25) is 19.0 Å². The van der Waals surface area contributed by atoms with E-state index >= 15 is 0 Å². The number of fused-ring (bicyclic) bond motifs is 1. The lowest BCUT2D eigenvalue weighted by Crippen LogP contribution is -2.71. The molecule has 1 fully saturated rings. The standard InChI is InChI=1S/C27H24N8O6S2/c1-33-27(29-30-31-33)43-15-18-14-42-25-21(28-19(36)12-34-13-20(37)41-32-34)24(38)35(25)22(18)26(39)40-23(16-8-4-2-5-9-16)17-10-6-3-7-11-17/h2-11,13,21,23,25H,12,14-15H2,1H3,(H-,28,32,36,37)/p+1/t21?,25-/m0/s1. The third kappa shape index (κ3) is 5.96. The van der Waals surface area contributed by atoms with Crippen molar-refractivity contribution in [1.29, 1.82) is 0 Å². The predicted octanol–water partition coefficient (Wildman–Crippen LogP) is 0.558. The fourth-order valence-corrected chi connectivity index (χ4v) is 7.10. The lowest BCUT2D eigenvalue weighted by molar-refractivity contribution is -0.751. The van der Waals surface area contributed by atoms with Crippen LogP contribution in [0.4, 0.5) is 0 Å². The Morgan fingerprint density at radius 3 is 2.47 bits per heavy atom. The number of amides is 2. The zero-order chi connectivity index (χ0) is 29.9. The number of aryl methyl sites for hydroxylation is 1. The number of β-lactam (4-membered cyclic amide) rings is 1. The van der Waals surface area contributed by atoms with Gasteiger partial charge >= 0.3 is 11.6 Å². The number of carbonyl (C=O) groups excluding carboxylic acids is 3. The van der Waals surface area contributed by atoms with Crippen molar-refractivity contribution in [3.8, 4) is 0 Å². The Kier molecular flexibility index (Phi) is 8.11. The largest absolute Gasteiger partial charge is 0.448 e. The van der Waals surface area contributed by atoms with Crippen LogP contribution < -0.4 is 15.6 Å². The molecule has 14 nitrogen and oxygen atoms in total. The van der Waals surface area contributed by atoms with Crippen molar-refractivity contribution >= 4 is 41.3 Å². The highest BCUT2D eigenvalue weighted by Crippen LogP contribution is 2.42. The first-order valence-corrected chi connectivity index (χ1v) is 15.1. The van der Waals surface area contributed by atoms with Gasteiger partial charge in [0, 0.05) is 18.6 Å². The number of hydrogen-bond donors (Lipinski definition) is 2. The van der Waals surface area contributed by atoms with Gasteiger partial charge in [0.1, 0.15) is 17.1 Å². The monoisotopic (exact) mass is 621 g/mol. The summed E-state index contributed by atoms with van der Waals surface area (Å²) >= 11 is 2.77. The predicted molar refractivity (Wildman–Crippen MR) is 152 cm³/mol. The molecule has 2 N–H and O–H groups in total. The Labute approximate surface area is 252 Å². The molecule has 2 aromatic heterocycles. The summed E-state index contributed by atoms with van der Waals surface area (Å²) in [6.07, 6.45) is 0.376. The van der Waals surface area contributed by atoms with Crippen LogP contribution >= 0.6 is 23.5 Å². The Balaban J connectivity index is 1.27. The van der Waals surface area contributed by atoms with Crippen LogP contribution in [0.15, 0.2) is 92.6 Å². The van der Waals surface area contributed by atoms with Crippen molar-refractivity contribution in [1.82, 2.24) is 35.7 Å². The Hall–Kier alpha value is -4.70. The number of thioether (sulfide) groups is 2. The Morgan fingerprint density at radius 1 is 1.16 bits per heavy atom. The summed E-state index contributed by atoms with van der Waals surface area (Å²) < 4.78 is 13.4. The van der Waals surface area contributed by atoms with Crippen LogP contribution in [0.3, 0.4) is 0 Å². The summed E-state index contributed by atoms with van der Waals surface area (Å²) in [6, 6.07) is 17.9. The van der Waals surface area contributed by atoms with E-state index < -0.39 is 40.9 Å². The topological polar surface area (TPSA) is 169 Å². The third-order valence-corrected chi connectivity index (χ3v) is 9.22. The van der Waals surface area contributed by atoms with Crippen LogP contribution in [0.1, 0.15) is 17.2 Å². The number of hydrogen-bond acceptors (Lipinski definition) is 11. The molecule has 1 unspecified atom stereocenters. The summed E-state index contributed by atoms with van der Waals surface area (Å²) in [4.78, 5) is 52.8. The number of nitrogens with zero attached hydrogens (tertiary/aromatic N) is 6. The fourth-order valence-electron chi connectivity index (χ4n) is 4.76. The number of rotatable bonds is 10. The molecule has 220 valence electrons. The second kappa shape index (κ2) is 12.3. The molecule has 2 aliphatic rings. The molecule has 0 saturated carbocycles. The minimum atomic E-state index is -0.865. The number of tetrazole rings is 1. The van der Waals surface area contributed by atoms with Gasteiger partial charge < -0.3 is 10.1 Å². The van der Waals surface area contributed by atoms with Crippen molar-refractivity contribution in [2.24, 2.45) is 7.05 Å². The second-order valence-electron chi connectivity index (χ2n) is 9.66. The molecule has 2 amide bonds. The summed E-state index contributed by atoms with van der Waals surface area (Å²) in [5, 5.41) is 16.5. The quantitative estimate of drug-likeness (QED) is 0.110. The van der Waals surface area contributed by atoms with Crippen molar-refractivity contribution in [3.05, 3.63) is 99.7 Å². The minimum Gasteiger partial charge on any atom is -0.448 e. The number of ether oxygens (including phenoxy) is 1. The highest BCUT2D eigenvalue weighted by molar-refractivity contribution is 8.01. The van der Waals surface area contributed by atoms with Crippen LogP contribution in [0.5, 0.6) is 0 Å². The summed E-state index contributed by atoms with van der Waals surface area (Å²) in [5.74, 6) is -0.848. The van der Waals surface area contributed by atoms with E-state index in [1.807, 2.05) is 60.7 Å². The second-order valence-corrected chi connectivity index (χ2v) is 11.7. The Bertz CT molecular complexity index is 1700. The van der Waals surface area contributed by atoms with Gasteiger partial charge in [-0.15, -0.1) is 16.9 Å². The first-order valence-electron chi connectivity index (χ1n) is 13.1. The van der Waals surface area contributed by atoms with Crippen LogP contribution in [-0.2, 0) is 32.7 Å². The maximum Gasteiger partial charge on any atom is 0.426 e. The first-order chi connectivity index (χ1) is 20.9. The average Bonchev–Trinajstić information content (AvgIpc) is 3.64. The van der Waals surface area contributed by atoms with E-state index in [2.05, 4.69) is 30.6 Å². The molecule has 2 aliphatic heterocycles. The van der Waals surface area contributed by atoms with E-state index in [1.165, 1.54) is 37.8 Å². The molecule has 6 rings (SSSR count). The smallest absolute Gasteiger partial charge is 0.426 e. The van der Waals surface area contributed by atoms with E-state index in [1.54, 1.807) is 7.05 Å². The molecule has 43 heavy (non-hydrogen) atoms. The number of aromatic amines is 1. The highest BCUT2D eigenvalue weighted by Gasteiger charge is 2.54. The van der Waals surface area contributed by atoms with Crippen molar-refractivity contribution in [2.45, 2.75) is 29.2 Å². The maximum atomic E-state index is 14.0. The molecular formula is C27H25N8O6S2+. The van der Waals surface area contributed by atoms with Crippen molar-refractivity contribution in [3.63, 3.8) is 0 Å². The number of esters is 1. The molecule has 2 atom stereocenters. The van der Waals surface area contributed by atoms with Gasteiger partial charge in [-0.2, -0.15) is 0 Å². The molecule has 0 radical (unpaired) electrons. The average molecular weight is 622 g/mol. The van der Waals surface area contributed by atoms with Crippen LogP contribution in [-0.4, -0.2) is 71.1 Å². The number of carbonyl (C=O) groups is 3. The Morgan fingerprint density at radius 2 is 1.86 bits per heavy atom. The fraction of sp³-hybridized carbons (Fsp3) is 0.259. The molecule has 0 bridgehead atoms.